The van der Waals surface area contributed by atoms with E-state index in [1.165, 1.54) is 38.5 Å². The molecule has 2 aliphatic rings. The third-order valence-electron chi connectivity index (χ3n) is 5.22. The van der Waals surface area contributed by atoms with Gasteiger partial charge < -0.3 is 9.52 Å². The van der Waals surface area contributed by atoms with Crippen LogP contribution in [-0.2, 0) is 6.54 Å². The third-order valence-corrected chi connectivity index (χ3v) is 5.22. The zero-order valence-electron chi connectivity index (χ0n) is 13.2. The number of hydrogen-bond acceptors (Lipinski definition) is 3. The molecule has 21 heavy (non-hydrogen) atoms. The lowest BCUT2D eigenvalue weighted by atomic mass is 9.77. The number of nitrogens with zero attached hydrogens (tertiary/aromatic N) is 1. The minimum absolute atomic E-state index is 0.101. The van der Waals surface area contributed by atoms with Crippen LogP contribution in [-0.4, -0.2) is 28.7 Å². The molecule has 0 bridgehead atoms. The van der Waals surface area contributed by atoms with Crippen LogP contribution >= 0.6 is 0 Å². The van der Waals surface area contributed by atoms with Gasteiger partial charge in [0, 0.05) is 12.6 Å². The predicted molar refractivity (Wildman–Crippen MR) is 83.9 cm³/mol. The molecule has 3 heteroatoms. The summed E-state index contributed by atoms with van der Waals surface area (Å²) >= 11 is 0. The second-order valence-corrected chi connectivity index (χ2v) is 7.04. The van der Waals surface area contributed by atoms with Gasteiger partial charge in [0.25, 0.3) is 0 Å². The molecule has 1 aromatic heterocycles. The molecule has 0 radical (unpaired) electrons. The topological polar surface area (TPSA) is 36.6 Å². The van der Waals surface area contributed by atoms with Gasteiger partial charge >= 0.3 is 0 Å². The van der Waals surface area contributed by atoms with E-state index in [2.05, 4.69) is 17.9 Å². The standard InChI is InChI=1S/C18H29NO2/c1-2-4-14-6-9-18(20)15(11-14)12-19(16-7-8-16)13-17-5-3-10-21-17/h3,5,10,14-16,18,20H,2,4,6-9,11-13H2,1H3. The second-order valence-electron chi connectivity index (χ2n) is 7.04. The Morgan fingerprint density at radius 1 is 1.29 bits per heavy atom. The van der Waals surface area contributed by atoms with Crippen LogP contribution < -0.4 is 0 Å². The van der Waals surface area contributed by atoms with Gasteiger partial charge in [0.2, 0.25) is 0 Å². The monoisotopic (exact) mass is 291 g/mol. The summed E-state index contributed by atoms with van der Waals surface area (Å²) in [5.41, 5.74) is 0. The van der Waals surface area contributed by atoms with Crippen LogP contribution in [0.1, 0.15) is 57.6 Å². The van der Waals surface area contributed by atoms with E-state index < -0.39 is 0 Å². The number of aliphatic hydroxyl groups is 1. The van der Waals surface area contributed by atoms with Crippen LogP contribution in [0.15, 0.2) is 22.8 Å². The highest BCUT2D eigenvalue weighted by molar-refractivity contribution is 5.00. The molecule has 3 nitrogen and oxygen atoms in total. The number of rotatable bonds is 7. The summed E-state index contributed by atoms with van der Waals surface area (Å²) < 4.78 is 5.51. The highest BCUT2D eigenvalue weighted by Gasteiger charge is 2.35. The van der Waals surface area contributed by atoms with Gasteiger partial charge in [0.1, 0.15) is 5.76 Å². The van der Waals surface area contributed by atoms with Crippen LogP contribution in [0, 0.1) is 11.8 Å². The van der Waals surface area contributed by atoms with E-state index >= 15 is 0 Å². The van der Waals surface area contributed by atoms with Gasteiger partial charge in [-0.2, -0.15) is 0 Å². The van der Waals surface area contributed by atoms with Gasteiger partial charge in [-0.15, -0.1) is 0 Å². The Morgan fingerprint density at radius 3 is 2.81 bits per heavy atom. The van der Waals surface area contributed by atoms with Crippen LogP contribution in [0.25, 0.3) is 0 Å². The van der Waals surface area contributed by atoms with Crippen molar-refractivity contribution in [1.29, 1.82) is 0 Å². The van der Waals surface area contributed by atoms with Crippen molar-refractivity contribution < 1.29 is 9.52 Å². The highest BCUT2D eigenvalue weighted by Crippen LogP contribution is 2.36. The van der Waals surface area contributed by atoms with Crippen molar-refractivity contribution in [2.75, 3.05) is 6.54 Å². The molecule has 0 saturated heterocycles. The fourth-order valence-electron chi connectivity index (χ4n) is 3.90. The van der Waals surface area contributed by atoms with Crippen LogP contribution in [0.4, 0.5) is 0 Å². The molecule has 3 atom stereocenters. The molecule has 1 heterocycles. The quantitative estimate of drug-likeness (QED) is 0.829. The molecule has 0 aliphatic heterocycles. The summed E-state index contributed by atoms with van der Waals surface area (Å²) in [6.07, 6.45) is 10.3. The maximum atomic E-state index is 10.4. The highest BCUT2D eigenvalue weighted by atomic mass is 16.3. The Balaban J connectivity index is 1.58. The molecule has 118 valence electrons. The third kappa shape index (κ3) is 4.10. The smallest absolute Gasteiger partial charge is 0.117 e. The lowest BCUT2D eigenvalue weighted by Gasteiger charge is -2.36. The summed E-state index contributed by atoms with van der Waals surface area (Å²) in [5.74, 6) is 2.33. The minimum atomic E-state index is -0.101. The second kappa shape index (κ2) is 6.97. The van der Waals surface area contributed by atoms with E-state index in [1.54, 1.807) is 6.26 Å². The normalized spacial score (nSPS) is 30.0. The van der Waals surface area contributed by atoms with Crippen molar-refractivity contribution >= 4 is 0 Å². The Bertz CT molecular complexity index is 413. The van der Waals surface area contributed by atoms with Gasteiger partial charge in [-0.25, -0.2) is 0 Å². The summed E-state index contributed by atoms with van der Waals surface area (Å²) in [6.45, 7) is 4.21. The van der Waals surface area contributed by atoms with Crippen molar-refractivity contribution in [3.05, 3.63) is 24.2 Å². The van der Waals surface area contributed by atoms with E-state index in [0.29, 0.717) is 12.0 Å². The van der Waals surface area contributed by atoms with E-state index in [0.717, 1.165) is 31.2 Å². The molecule has 2 fully saturated rings. The van der Waals surface area contributed by atoms with Gasteiger partial charge in [0.15, 0.2) is 0 Å². The number of furan rings is 1. The fourth-order valence-corrected chi connectivity index (χ4v) is 3.90. The zero-order valence-corrected chi connectivity index (χ0v) is 13.2. The maximum absolute atomic E-state index is 10.4. The first-order chi connectivity index (χ1) is 10.3. The fraction of sp³-hybridized carbons (Fsp3) is 0.778. The van der Waals surface area contributed by atoms with Crippen LogP contribution in [0.2, 0.25) is 0 Å². The van der Waals surface area contributed by atoms with E-state index in [-0.39, 0.29) is 6.10 Å². The van der Waals surface area contributed by atoms with Crippen molar-refractivity contribution in [1.82, 2.24) is 4.90 Å². The van der Waals surface area contributed by atoms with E-state index in [1.807, 2.05) is 6.07 Å². The molecular weight excluding hydrogens is 262 g/mol. The van der Waals surface area contributed by atoms with Crippen LogP contribution in [0.3, 0.4) is 0 Å². The Kier molecular flexibility index (Phi) is 5.02. The Hall–Kier alpha value is -0.800. The molecule has 1 N–H and O–H groups in total. The van der Waals surface area contributed by atoms with Crippen molar-refractivity contribution in [3.8, 4) is 0 Å². The molecule has 3 unspecified atom stereocenters. The SMILES string of the molecule is CCCC1CCC(O)C(CN(Cc2ccco2)C2CC2)C1. The van der Waals surface area contributed by atoms with Crippen molar-refractivity contribution in [2.24, 2.45) is 11.8 Å². The first kappa shape index (κ1) is 15.1. The maximum Gasteiger partial charge on any atom is 0.117 e. The lowest BCUT2D eigenvalue weighted by Crippen LogP contribution is -2.39. The predicted octanol–water partition coefficient (Wildman–Crippen LogP) is 3.82. The zero-order chi connectivity index (χ0) is 14.7. The van der Waals surface area contributed by atoms with E-state index in [4.69, 9.17) is 4.42 Å². The first-order valence-electron chi connectivity index (χ1n) is 8.70. The van der Waals surface area contributed by atoms with Gasteiger partial charge in [-0.05, 0) is 56.1 Å². The molecule has 2 saturated carbocycles. The minimum Gasteiger partial charge on any atom is -0.468 e. The molecule has 2 aliphatic carbocycles. The molecule has 0 aromatic carbocycles. The summed E-state index contributed by atoms with van der Waals surface area (Å²) in [5, 5.41) is 10.4. The summed E-state index contributed by atoms with van der Waals surface area (Å²) in [6, 6.07) is 4.74. The molecule has 0 spiro atoms. The summed E-state index contributed by atoms with van der Waals surface area (Å²) in [7, 11) is 0. The van der Waals surface area contributed by atoms with Crippen molar-refractivity contribution in [3.63, 3.8) is 0 Å². The van der Waals surface area contributed by atoms with Gasteiger partial charge in [0.05, 0.1) is 18.9 Å². The Morgan fingerprint density at radius 2 is 2.14 bits per heavy atom. The molecular formula is C18H29NO2. The average Bonchev–Trinajstić information content (AvgIpc) is 3.20. The number of aliphatic hydroxyl groups excluding tert-OH is 1. The largest absolute Gasteiger partial charge is 0.468 e. The number of hydrogen-bond donors (Lipinski definition) is 1. The molecule has 1 aromatic rings. The van der Waals surface area contributed by atoms with E-state index in [9.17, 15) is 5.11 Å². The van der Waals surface area contributed by atoms with Crippen molar-refractivity contribution in [2.45, 2.75) is 70.6 Å². The van der Waals surface area contributed by atoms with Gasteiger partial charge in [-0.1, -0.05) is 19.8 Å². The summed E-state index contributed by atoms with van der Waals surface area (Å²) in [4.78, 5) is 2.54. The van der Waals surface area contributed by atoms with Gasteiger partial charge in [-0.3, -0.25) is 4.90 Å². The lowest BCUT2D eigenvalue weighted by molar-refractivity contribution is 0.0214. The molecule has 0 amide bonds. The first-order valence-corrected chi connectivity index (χ1v) is 8.70. The average molecular weight is 291 g/mol. The molecule has 3 rings (SSSR count). The van der Waals surface area contributed by atoms with Crippen LogP contribution in [0.5, 0.6) is 0 Å². The Labute approximate surface area is 128 Å².